The summed E-state index contributed by atoms with van der Waals surface area (Å²) in [6.07, 6.45) is 15.4. The Balaban J connectivity index is 3.38. The first-order valence-electron chi connectivity index (χ1n) is 10.8. The molecule has 2 heteroatoms. The van der Waals surface area contributed by atoms with Crippen LogP contribution in [0.2, 0.25) is 0 Å². The van der Waals surface area contributed by atoms with E-state index in [1.54, 1.807) is 0 Å². The summed E-state index contributed by atoms with van der Waals surface area (Å²) in [5.41, 5.74) is 0.527. The summed E-state index contributed by atoms with van der Waals surface area (Å²) < 4.78 is 0. The lowest BCUT2D eigenvalue weighted by Gasteiger charge is -2.21. The summed E-state index contributed by atoms with van der Waals surface area (Å²) in [6.45, 7) is 15.6. The highest BCUT2D eigenvalue weighted by atomic mass is 32.2. The highest BCUT2D eigenvalue weighted by Crippen LogP contribution is 2.22. The van der Waals surface area contributed by atoms with Gasteiger partial charge in [0.25, 0.3) is 0 Å². The van der Waals surface area contributed by atoms with Gasteiger partial charge in [-0.25, -0.2) is 0 Å². The molecule has 0 aromatic carbocycles. The molecule has 0 N–H and O–H groups in total. The van der Waals surface area contributed by atoms with Crippen LogP contribution in [0.5, 0.6) is 0 Å². The zero-order chi connectivity index (χ0) is 18.1. The van der Waals surface area contributed by atoms with Gasteiger partial charge in [0, 0.05) is 12.3 Å². The number of hydrogen-bond acceptors (Lipinski definition) is 2. The van der Waals surface area contributed by atoms with Crippen molar-refractivity contribution in [2.45, 2.75) is 105 Å². The van der Waals surface area contributed by atoms with Crippen molar-refractivity contribution < 1.29 is 0 Å². The van der Waals surface area contributed by atoms with Crippen LogP contribution in [0.1, 0.15) is 105 Å². The van der Waals surface area contributed by atoms with Gasteiger partial charge in [-0.3, -0.25) is 0 Å². The highest BCUT2D eigenvalue weighted by Gasteiger charge is 2.08. The minimum absolute atomic E-state index is 0.527. The standard InChI is InChI=1S/C22H47NS/c1-6-8-17-23(18-9-7-2)19-21-24-20-15-13-11-10-12-14-16-22(3,4)5/h6-21H2,1-5H3. The van der Waals surface area contributed by atoms with Gasteiger partial charge in [-0.15, -0.1) is 0 Å². The van der Waals surface area contributed by atoms with E-state index in [2.05, 4.69) is 51.3 Å². The Hall–Kier alpha value is 0.310. The second kappa shape index (κ2) is 16.8. The van der Waals surface area contributed by atoms with Crippen molar-refractivity contribution in [3.63, 3.8) is 0 Å². The van der Waals surface area contributed by atoms with Gasteiger partial charge in [0.05, 0.1) is 0 Å². The zero-order valence-corrected chi connectivity index (χ0v) is 18.5. The maximum Gasteiger partial charge on any atom is 0.00723 e. The van der Waals surface area contributed by atoms with E-state index in [1.807, 2.05) is 0 Å². The summed E-state index contributed by atoms with van der Waals surface area (Å²) in [5.74, 6) is 2.70. The number of nitrogens with zero attached hydrogens (tertiary/aromatic N) is 1. The fourth-order valence-corrected chi connectivity index (χ4v) is 3.96. The van der Waals surface area contributed by atoms with Crippen LogP contribution in [0.4, 0.5) is 0 Å². The molecule has 0 fully saturated rings. The van der Waals surface area contributed by atoms with E-state index in [9.17, 15) is 0 Å². The molecule has 0 radical (unpaired) electrons. The van der Waals surface area contributed by atoms with E-state index in [1.165, 1.54) is 102 Å². The zero-order valence-electron chi connectivity index (χ0n) is 17.7. The second-order valence-electron chi connectivity index (χ2n) is 8.59. The Morgan fingerprint density at radius 3 is 1.71 bits per heavy atom. The van der Waals surface area contributed by atoms with E-state index in [4.69, 9.17) is 0 Å². The lowest BCUT2D eigenvalue weighted by Crippen LogP contribution is -2.28. The molecule has 0 aliphatic rings. The maximum atomic E-state index is 2.69. The Bertz CT molecular complexity index is 239. The van der Waals surface area contributed by atoms with Gasteiger partial charge >= 0.3 is 0 Å². The monoisotopic (exact) mass is 357 g/mol. The van der Waals surface area contributed by atoms with Crippen LogP contribution in [0.3, 0.4) is 0 Å². The lowest BCUT2D eigenvalue weighted by atomic mass is 9.89. The minimum atomic E-state index is 0.527. The van der Waals surface area contributed by atoms with Gasteiger partial charge in [-0.2, -0.15) is 11.8 Å². The summed E-state index contributed by atoms with van der Waals surface area (Å²) >= 11 is 2.18. The highest BCUT2D eigenvalue weighted by molar-refractivity contribution is 7.99. The van der Waals surface area contributed by atoms with Crippen LogP contribution >= 0.6 is 11.8 Å². The SMILES string of the molecule is CCCCN(CCCC)CCSCCCCCCCCC(C)(C)C. The molecular formula is C22H47NS. The van der Waals surface area contributed by atoms with Gasteiger partial charge in [0.15, 0.2) is 0 Å². The topological polar surface area (TPSA) is 3.24 Å². The molecule has 146 valence electrons. The van der Waals surface area contributed by atoms with E-state index in [-0.39, 0.29) is 0 Å². The molecule has 1 nitrogen and oxygen atoms in total. The predicted octanol–water partition coefficient (Wildman–Crippen LogP) is 7.40. The smallest absolute Gasteiger partial charge is 0.00723 e. The largest absolute Gasteiger partial charge is 0.303 e. The van der Waals surface area contributed by atoms with Crippen LogP contribution in [0.25, 0.3) is 0 Å². The first-order chi connectivity index (χ1) is 11.5. The third-order valence-electron chi connectivity index (χ3n) is 4.67. The Morgan fingerprint density at radius 1 is 0.625 bits per heavy atom. The van der Waals surface area contributed by atoms with Gasteiger partial charge < -0.3 is 4.90 Å². The second-order valence-corrected chi connectivity index (χ2v) is 9.82. The number of unbranched alkanes of at least 4 members (excludes halogenated alkanes) is 7. The summed E-state index contributed by atoms with van der Waals surface area (Å²) in [4.78, 5) is 2.69. The van der Waals surface area contributed by atoms with E-state index in [0.717, 1.165) is 0 Å². The molecule has 0 heterocycles. The van der Waals surface area contributed by atoms with Crippen molar-refractivity contribution in [1.82, 2.24) is 4.90 Å². The molecule has 0 aromatic rings. The number of thioether (sulfide) groups is 1. The van der Waals surface area contributed by atoms with Crippen molar-refractivity contribution in [3.05, 3.63) is 0 Å². The lowest BCUT2D eigenvalue weighted by molar-refractivity contribution is 0.281. The van der Waals surface area contributed by atoms with Gasteiger partial charge in [-0.05, 0) is 49.9 Å². The van der Waals surface area contributed by atoms with Crippen molar-refractivity contribution in [3.8, 4) is 0 Å². The molecule has 0 aromatic heterocycles. The molecular weight excluding hydrogens is 310 g/mol. The Labute approximate surface area is 158 Å². The third kappa shape index (κ3) is 18.6. The molecule has 24 heavy (non-hydrogen) atoms. The van der Waals surface area contributed by atoms with Crippen LogP contribution in [0.15, 0.2) is 0 Å². The average Bonchev–Trinajstić information content (AvgIpc) is 2.53. The first kappa shape index (κ1) is 24.3. The molecule has 0 spiro atoms. The molecule has 0 bridgehead atoms. The normalized spacial score (nSPS) is 12.2. The van der Waals surface area contributed by atoms with Crippen LogP contribution in [-0.2, 0) is 0 Å². The average molecular weight is 358 g/mol. The molecule has 0 amide bonds. The maximum absolute atomic E-state index is 2.69. The molecule has 0 unspecified atom stereocenters. The number of rotatable bonds is 17. The van der Waals surface area contributed by atoms with Crippen molar-refractivity contribution in [1.29, 1.82) is 0 Å². The van der Waals surface area contributed by atoms with Crippen molar-refractivity contribution in [2.75, 3.05) is 31.1 Å². The van der Waals surface area contributed by atoms with Crippen LogP contribution in [0, 0.1) is 5.41 Å². The van der Waals surface area contributed by atoms with Crippen LogP contribution < -0.4 is 0 Å². The number of hydrogen-bond donors (Lipinski definition) is 0. The van der Waals surface area contributed by atoms with Crippen LogP contribution in [-0.4, -0.2) is 36.0 Å². The van der Waals surface area contributed by atoms with E-state index < -0.39 is 0 Å². The Morgan fingerprint density at radius 2 is 1.17 bits per heavy atom. The first-order valence-corrected chi connectivity index (χ1v) is 11.9. The third-order valence-corrected chi connectivity index (χ3v) is 5.72. The quantitative estimate of drug-likeness (QED) is 0.249. The van der Waals surface area contributed by atoms with Crippen molar-refractivity contribution >= 4 is 11.8 Å². The molecule has 0 aliphatic carbocycles. The van der Waals surface area contributed by atoms with Gasteiger partial charge in [0.1, 0.15) is 0 Å². The molecule has 0 saturated carbocycles. The fraction of sp³-hybridized carbons (Fsp3) is 1.00. The predicted molar refractivity (Wildman–Crippen MR) is 115 cm³/mol. The summed E-state index contributed by atoms with van der Waals surface area (Å²) in [6, 6.07) is 0. The van der Waals surface area contributed by atoms with Gasteiger partial charge in [0.2, 0.25) is 0 Å². The summed E-state index contributed by atoms with van der Waals surface area (Å²) in [5, 5.41) is 0. The molecule has 0 saturated heterocycles. The summed E-state index contributed by atoms with van der Waals surface area (Å²) in [7, 11) is 0. The van der Waals surface area contributed by atoms with Gasteiger partial charge in [-0.1, -0.05) is 79.6 Å². The molecule has 0 aliphatic heterocycles. The molecule has 0 atom stereocenters. The minimum Gasteiger partial charge on any atom is -0.303 e. The van der Waals surface area contributed by atoms with E-state index in [0.29, 0.717) is 5.41 Å². The fourth-order valence-electron chi connectivity index (χ4n) is 2.96. The van der Waals surface area contributed by atoms with E-state index >= 15 is 0 Å². The van der Waals surface area contributed by atoms with Crippen molar-refractivity contribution in [2.24, 2.45) is 5.41 Å². The Kier molecular flexibility index (Phi) is 17.0. The molecule has 0 rings (SSSR count).